The number of carbonyl (C=O) groups is 1. The third-order valence-corrected chi connectivity index (χ3v) is 3.26. The van der Waals surface area contributed by atoms with Crippen LogP contribution in [0.2, 0.25) is 0 Å². The lowest BCUT2D eigenvalue weighted by molar-refractivity contribution is 0.152. The van der Waals surface area contributed by atoms with Gasteiger partial charge < -0.3 is 9.84 Å². The molecule has 0 aromatic heterocycles. The highest BCUT2D eigenvalue weighted by molar-refractivity contribution is 5.87. The van der Waals surface area contributed by atoms with Gasteiger partial charge in [0, 0.05) is 18.3 Å². The summed E-state index contributed by atoms with van der Waals surface area (Å²) >= 11 is 0. The van der Waals surface area contributed by atoms with E-state index in [4.69, 9.17) is 4.74 Å². The SMILES string of the molecule is CCOC(=O)N(CCC(O)c1cc[cH-]c1)c1ccccc1. The van der Waals surface area contributed by atoms with Gasteiger partial charge in [-0.05, 0) is 25.5 Å². The fourth-order valence-corrected chi connectivity index (χ4v) is 2.16. The Morgan fingerprint density at radius 1 is 1.33 bits per heavy atom. The van der Waals surface area contributed by atoms with Crippen molar-refractivity contribution in [3.8, 4) is 0 Å². The summed E-state index contributed by atoms with van der Waals surface area (Å²) in [5.74, 6) is 0. The van der Waals surface area contributed by atoms with Crippen LogP contribution < -0.4 is 4.90 Å². The van der Waals surface area contributed by atoms with E-state index < -0.39 is 12.2 Å². The average Bonchev–Trinajstić information content (AvgIpc) is 3.03. The molecule has 0 radical (unpaired) electrons. The highest BCUT2D eigenvalue weighted by atomic mass is 16.6. The number of hydrogen-bond donors (Lipinski definition) is 1. The molecule has 0 heterocycles. The Bertz CT molecular complexity index is 536. The van der Waals surface area contributed by atoms with E-state index in [1.54, 1.807) is 11.8 Å². The number of rotatable bonds is 6. The molecule has 0 saturated heterocycles. The van der Waals surface area contributed by atoms with E-state index >= 15 is 0 Å². The number of anilines is 1. The lowest BCUT2D eigenvalue weighted by atomic mass is 10.1. The van der Waals surface area contributed by atoms with Crippen molar-refractivity contribution in [1.82, 2.24) is 0 Å². The molecule has 1 N–H and O–H groups in total. The van der Waals surface area contributed by atoms with Crippen LogP contribution in [0.3, 0.4) is 0 Å². The highest BCUT2D eigenvalue weighted by Crippen LogP contribution is 2.20. The number of carbonyl (C=O) groups excluding carboxylic acids is 1. The van der Waals surface area contributed by atoms with Crippen LogP contribution >= 0.6 is 0 Å². The molecular weight excluding hydrogens is 266 g/mol. The number of para-hydroxylation sites is 1. The van der Waals surface area contributed by atoms with Gasteiger partial charge in [0.1, 0.15) is 0 Å². The monoisotopic (exact) mass is 286 g/mol. The van der Waals surface area contributed by atoms with Crippen LogP contribution in [0.4, 0.5) is 10.5 Å². The number of nitrogens with zero attached hydrogens (tertiary/aromatic N) is 1. The van der Waals surface area contributed by atoms with E-state index in [2.05, 4.69) is 0 Å². The summed E-state index contributed by atoms with van der Waals surface area (Å²) in [5, 5.41) is 10.1. The topological polar surface area (TPSA) is 49.8 Å². The first kappa shape index (κ1) is 15.2. The smallest absolute Gasteiger partial charge is 0.414 e. The zero-order chi connectivity index (χ0) is 15.1. The fraction of sp³-hybridized carbons (Fsp3) is 0.294. The van der Waals surface area contributed by atoms with E-state index in [9.17, 15) is 9.90 Å². The molecule has 1 atom stereocenters. The largest absolute Gasteiger partial charge is 0.449 e. The van der Waals surface area contributed by atoms with Crippen LogP contribution in [0.25, 0.3) is 0 Å². The Morgan fingerprint density at radius 2 is 2.10 bits per heavy atom. The summed E-state index contributed by atoms with van der Waals surface area (Å²) in [6.45, 7) is 2.50. The van der Waals surface area contributed by atoms with Crippen LogP contribution in [0.5, 0.6) is 0 Å². The normalized spacial score (nSPS) is 11.9. The fourth-order valence-electron chi connectivity index (χ4n) is 2.16. The first-order valence-electron chi connectivity index (χ1n) is 7.11. The average molecular weight is 286 g/mol. The molecule has 1 amide bonds. The Hall–Kier alpha value is -2.20. The van der Waals surface area contributed by atoms with Crippen molar-refractivity contribution in [2.45, 2.75) is 19.4 Å². The van der Waals surface area contributed by atoms with Gasteiger partial charge in [0.15, 0.2) is 0 Å². The standard InChI is InChI=1S/C17H20NO3/c1-2-21-17(20)18(15-10-4-3-5-11-15)13-12-16(19)14-8-6-7-9-14/h3-11,16,19H,2,12-13H2,1H3/q-1. The maximum atomic E-state index is 12.1. The summed E-state index contributed by atoms with van der Waals surface area (Å²) in [4.78, 5) is 13.6. The van der Waals surface area contributed by atoms with Crippen LogP contribution in [0.1, 0.15) is 25.0 Å². The molecule has 4 nitrogen and oxygen atoms in total. The molecule has 0 saturated carbocycles. The Balaban J connectivity index is 2.04. The predicted molar refractivity (Wildman–Crippen MR) is 82.4 cm³/mol. The number of ether oxygens (including phenoxy) is 1. The molecular formula is C17H20NO3-. The first-order chi connectivity index (χ1) is 10.2. The molecule has 2 rings (SSSR count). The maximum Gasteiger partial charge on any atom is 0.414 e. The molecule has 112 valence electrons. The Kier molecular flexibility index (Phi) is 5.46. The molecule has 0 aliphatic heterocycles. The van der Waals surface area contributed by atoms with Gasteiger partial charge in [-0.3, -0.25) is 4.90 Å². The molecule has 0 aliphatic rings. The molecule has 21 heavy (non-hydrogen) atoms. The number of aliphatic hydroxyl groups excluding tert-OH is 1. The maximum absolute atomic E-state index is 12.1. The summed E-state index contributed by atoms with van der Waals surface area (Å²) in [7, 11) is 0. The van der Waals surface area contributed by atoms with E-state index in [0.717, 1.165) is 11.3 Å². The third-order valence-electron chi connectivity index (χ3n) is 3.26. The van der Waals surface area contributed by atoms with Crippen molar-refractivity contribution in [3.63, 3.8) is 0 Å². The number of amides is 1. The minimum absolute atomic E-state index is 0.327. The summed E-state index contributed by atoms with van der Waals surface area (Å²) in [6.07, 6.45) is -0.517. The molecule has 2 aromatic rings. The van der Waals surface area contributed by atoms with Gasteiger partial charge in [-0.25, -0.2) is 10.9 Å². The molecule has 4 heteroatoms. The van der Waals surface area contributed by atoms with Crippen LogP contribution in [-0.2, 0) is 4.74 Å². The van der Waals surface area contributed by atoms with Crippen LogP contribution in [0, 0.1) is 0 Å². The molecule has 0 spiro atoms. The van der Waals surface area contributed by atoms with Gasteiger partial charge in [-0.1, -0.05) is 18.2 Å². The Labute approximate surface area is 124 Å². The van der Waals surface area contributed by atoms with Crippen molar-refractivity contribution in [1.29, 1.82) is 0 Å². The van der Waals surface area contributed by atoms with Crippen LogP contribution in [-0.4, -0.2) is 24.4 Å². The quantitative estimate of drug-likeness (QED) is 0.827. The van der Waals surface area contributed by atoms with Crippen molar-refractivity contribution in [3.05, 3.63) is 60.2 Å². The van der Waals surface area contributed by atoms with E-state index in [-0.39, 0.29) is 0 Å². The summed E-state index contributed by atoms with van der Waals surface area (Å²) in [6, 6.07) is 16.9. The molecule has 0 fully saturated rings. The van der Waals surface area contributed by atoms with Crippen molar-refractivity contribution in [2.24, 2.45) is 0 Å². The lowest BCUT2D eigenvalue weighted by Crippen LogP contribution is -2.33. The van der Waals surface area contributed by atoms with Gasteiger partial charge in [-0.15, -0.1) is 0 Å². The van der Waals surface area contributed by atoms with Crippen molar-refractivity contribution in [2.75, 3.05) is 18.1 Å². The first-order valence-corrected chi connectivity index (χ1v) is 7.11. The van der Waals surface area contributed by atoms with E-state index in [1.807, 2.05) is 54.6 Å². The number of aliphatic hydroxyl groups is 1. The number of benzene rings is 1. The zero-order valence-electron chi connectivity index (χ0n) is 12.1. The van der Waals surface area contributed by atoms with Gasteiger partial charge in [-0.2, -0.15) is 23.8 Å². The lowest BCUT2D eigenvalue weighted by Gasteiger charge is -2.24. The predicted octanol–water partition coefficient (Wildman–Crippen LogP) is 3.49. The van der Waals surface area contributed by atoms with Gasteiger partial charge in [0.2, 0.25) is 0 Å². The van der Waals surface area contributed by atoms with Crippen LogP contribution in [0.15, 0.2) is 54.6 Å². The van der Waals surface area contributed by atoms with Gasteiger partial charge in [0.05, 0.1) is 6.61 Å². The number of hydrogen-bond acceptors (Lipinski definition) is 3. The second kappa shape index (κ2) is 7.55. The third kappa shape index (κ3) is 4.13. The molecule has 0 bridgehead atoms. The second-order valence-corrected chi connectivity index (χ2v) is 4.71. The summed E-state index contributed by atoms with van der Waals surface area (Å²) < 4.78 is 5.09. The van der Waals surface area contributed by atoms with Crippen molar-refractivity contribution >= 4 is 11.8 Å². The van der Waals surface area contributed by atoms with E-state index in [0.29, 0.717) is 19.6 Å². The Morgan fingerprint density at radius 3 is 2.71 bits per heavy atom. The van der Waals surface area contributed by atoms with Crippen molar-refractivity contribution < 1.29 is 14.6 Å². The zero-order valence-corrected chi connectivity index (χ0v) is 12.1. The second-order valence-electron chi connectivity index (χ2n) is 4.71. The van der Waals surface area contributed by atoms with Gasteiger partial charge in [0.25, 0.3) is 0 Å². The molecule has 1 unspecified atom stereocenters. The van der Waals surface area contributed by atoms with E-state index in [1.165, 1.54) is 0 Å². The minimum atomic E-state index is -0.583. The van der Waals surface area contributed by atoms with Gasteiger partial charge >= 0.3 is 6.09 Å². The summed E-state index contributed by atoms with van der Waals surface area (Å²) in [5.41, 5.74) is 1.64. The molecule has 2 aromatic carbocycles. The highest BCUT2D eigenvalue weighted by Gasteiger charge is 2.17. The minimum Gasteiger partial charge on any atom is -0.449 e. The molecule has 0 aliphatic carbocycles.